The van der Waals surface area contributed by atoms with Gasteiger partial charge in [0.05, 0.1) is 19.8 Å². The lowest BCUT2D eigenvalue weighted by Crippen LogP contribution is -2.17. The van der Waals surface area contributed by atoms with Crippen LogP contribution >= 0.6 is 7.82 Å². The largest absolute Gasteiger partial charge is 0.472 e. The molecule has 0 aliphatic heterocycles. The van der Waals surface area contributed by atoms with Crippen LogP contribution in [0.3, 0.4) is 0 Å². The van der Waals surface area contributed by atoms with E-state index in [1.54, 1.807) is 6.08 Å². The Balaban J connectivity index is 2.04. The minimum atomic E-state index is -3.94. The first-order chi connectivity index (χ1) is 11.4. The Hall–Kier alpha value is -1.01. The molecule has 0 heterocycles. The van der Waals surface area contributed by atoms with Crippen LogP contribution in [0.15, 0.2) is 30.8 Å². The van der Waals surface area contributed by atoms with Gasteiger partial charge in [0.2, 0.25) is 0 Å². The van der Waals surface area contributed by atoms with Gasteiger partial charge in [-0.2, -0.15) is 0 Å². The van der Waals surface area contributed by atoms with Gasteiger partial charge in [0.25, 0.3) is 0 Å². The second kappa shape index (κ2) is 11.5. The normalized spacial score (nSPS) is 13.8. The monoisotopic (exact) mass is 357 g/mol. The molecule has 1 unspecified atom stereocenters. The number of hydrogen-bond acceptors (Lipinski definition) is 5. The molecule has 0 amide bonds. The van der Waals surface area contributed by atoms with E-state index in [1.807, 2.05) is 43.3 Å². The molecule has 1 rings (SSSR count). The zero-order valence-corrected chi connectivity index (χ0v) is 15.4. The fourth-order valence-corrected chi connectivity index (χ4v) is 2.55. The molecular weight excluding hydrogens is 329 g/mol. The van der Waals surface area contributed by atoms with Crippen molar-refractivity contribution in [3.8, 4) is 0 Å². The quantitative estimate of drug-likeness (QED) is 0.431. The van der Waals surface area contributed by atoms with Gasteiger partial charge in [0, 0.05) is 13.2 Å². The summed E-state index contributed by atoms with van der Waals surface area (Å²) in [7, 11) is -0.213. The van der Waals surface area contributed by atoms with Gasteiger partial charge >= 0.3 is 7.82 Å². The Morgan fingerprint density at radius 2 is 1.75 bits per heavy atom. The predicted octanol–water partition coefficient (Wildman–Crippen LogP) is 3.32. The maximum Gasteiger partial charge on any atom is 0.472 e. The van der Waals surface area contributed by atoms with Crippen molar-refractivity contribution in [1.82, 2.24) is 4.90 Å². The molecule has 0 radical (unpaired) electrons. The van der Waals surface area contributed by atoms with Gasteiger partial charge < -0.3 is 14.5 Å². The summed E-state index contributed by atoms with van der Waals surface area (Å²) in [4.78, 5) is 11.3. The minimum Gasteiger partial charge on any atom is -0.377 e. The fourth-order valence-electron chi connectivity index (χ4n) is 1.80. The van der Waals surface area contributed by atoms with Gasteiger partial charge in [-0.15, -0.1) is 0 Å². The molecule has 0 saturated carbocycles. The lowest BCUT2D eigenvalue weighted by atomic mass is 10.1. The summed E-state index contributed by atoms with van der Waals surface area (Å²) >= 11 is 0. The first-order valence-electron chi connectivity index (χ1n) is 7.98. The van der Waals surface area contributed by atoms with Crippen LogP contribution in [0, 0.1) is 0 Å². The van der Waals surface area contributed by atoms with Crippen molar-refractivity contribution in [2.24, 2.45) is 0 Å². The Kier molecular flexibility index (Phi) is 10.1. The summed E-state index contributed by atoms with van der Waals surface area (Å²) < 4.78 is 26.9. The summed E-state index contributed by atoms with van der Waals surface area (Å²) in [6.45, 7) is 5.73. The highest BCUT2D eigenvalue weighted by Crippen LogP contribution is 2.43. The van der Waals surface area contributed by atoms with Crippen LogP contribution < -0.4 is 0 Å². The standard InChI is InChI=1S/C17H28NO5P/c1-4-16-7-9-17(10-8-16)15-21-12-5-6-13-22-24(19,20)23-14-11-18(2)3/h4,7-10H,1,5-6,11-15H2,2-3H3,(H,19,20). The lowest BCUT2D eigenvalue weighted by molar-refractivity contribution is 0.106. The first kappa shape index (κ1) is 21.0. The molecule has 0 saturated heterocycles. The number of likely N-dealkylation sites (N-methyl/N-ethyl adjacent to an activating group) is 1. The molecule has 136 valence electrons. The van der Waals surface area contributed by atoms with E-state index in [0.29, 0.717) is 26.2 Å². The van der Waals surface area contributed by atoms with Crippen LogP contribution in [-0.2, 0) is 25.0 Å². The number of hydrogen-bond donors (Lipinski definition) is 1. The summed E-state index contributed by atoms with van der Waals surface area (Å²) in [5.74, 6) is 0. The molecule has 1 atom stereocenters. The van der Waals surface area contributed by atoms with E-state index < -0.39 is 7.82 Å². The van der Waals surface area contributed by atoms with Crippen LogP contribution in [-0.4, -0.2) is 50.3 Å². The third-order valence-corrected chi connectivity index (χ3v) is 4.23. The van der Waals surface area contributed by atoms with E-state index in [4.69, 9.17) is 13.8 Å². The molecule has 0 spiro atoms. The maximum absolute atomic E-state index is 11.6. The molecule has 24 heavy (non-hydrogen) atoms. The second-order valence-electron chi connectivity index (χ2n) is 5.64. The van der Waals surface area contributed by atoms with Crippen molar-refractivity contribution in [2.75, 3.05) is 40.5 Å². The number of benzene rings is 1. The van der Waals surface area contributed by atoms with Gasteiger partial charge in [-0.25, -0.2) is 4.57 Å². The van der Waals surface area contributed by atoms with Crippen molar-refractivity contribution in [3.05, 3.63) is 42.0 Å². The van der Waals surface area contributed by atoms with Crippen LogP contribution in [0.4, 0.5) is 0 Å². The topological polar surface area (TPSA) is 68.2 Å². The third-order valence-electron chi connectivity index (χ3n) is 3.21. The molecule has 0 aliphatic rings. The van der Waals surface area contributed by atoms with E-state index in [9.17, 15) is 9.46 Å². The average Bonchev–Trinajstić information content (AvgIpc) is 2.54. The molecule has 1 aromatic rings. The molecule has 0 fully saturated rings. The van der Waals surface area contributed by atoms with Gasteiger partial charge in [-0.05, 0) is 38.1 Å². The molecule has 7 heteroatoms. The summed E-state index contributed by atoms with van der Waals surface area (Å²) in [5.41, 5.74) is 2.18. The van der Waals surface area contributed by atoms with Crippen molar-refractivity contribution in [2.45, 2.75) is 19.4 Å². The van der Waals surface area contributed by atoms with Gasteiger partial charge in [0.1, 0.15) is 0 Å². The highest BCUT2D eigenvalue weighted by Gasteiger charge is 2.20. The van der Waals surface area contributed by atoms with Crippen molar-refractivity contribution < 1.29 is 23.2 Å². The Labute approximate surface area is 144 Å². The number of phosphoric ester groups is 1. The van der Waals surface area contributed by atoms with Crippen molar-refractivity contribution in [1.29, 1.82) is 0 Å². The number of rotatable bonds is 13. The zero-order valence-electron chi connectivity index (χ0n) is 14.5. The molecule has 0 aliphatic carbocycles. The van der Waals surface area contributed by atoms with Crippen molar-refractivity contribution in [3.63, 3.8) is 0 Å². The smallest absolute Gasteiger partial charge is 0.377 e. The van der Waals surface area contributed by atoms with Crippen molar-refractivity contribution >= 4 is 13.9 Å². The highest BCUT2D eigenvalue weighted by atomic mass is 31.2. The zero-order chi connectivity index (χ0) is 17.8. The summed E-state index contributed by atoms with van der Waals surface area (Å²) in [5, 5.41) is 0. The second-order valence-corrected chi connectivity index (χ2v) is 7.10. The molecular formula is C17H28NO5P. The summed E-state index contributed by atoms with van der Waals surface area (Å²) in [6.07, 6.45) is 3.19. The van der Waals surface area contributed by atoms with Crippen LogP contribution in [0.25, 0.3) is 6.08 Å². The van der Waals surface area contributed by atoms with E-state index in [1.165, 1.54) is 0 Å². The maximum atomic E-state index is 11.6. The van der Waals surface area contributed by atoms with E-state index >= 15 is 0 Å². The van der Waals surface area contributed by atoms with Crippen LogP contribution in [0.2, 0.25) is 0 Å². The van der Waals surface area contributed by atoms with E-state index in [0.717, 1.165) is 17.5 Å². The molecule has 0 bridgehead atoms. The number of phosphoric acid groups is 1. The Bertz CT molecular complexity index is 518. The molecule has 1 N–H and O–H groups in total. The van der Waals surface area contributed by atoms with Crippen LogP contribution in [0.1, 0.15) is 24.0 Å². The first-order valence-corrected chi connectivity index (χ1v) is 9.48. The van der Waals surface area contributed by atoms with E-state index in [-0.39, 0.29) is 13.2 Å². The average molecular weight is 357 g/mol. The Morgan fingerprint density at radius 3 is 2.38 bits per heavy atom. The van der Waals surface area contributed by atoms with Gasteiger partial charge in [0.15, 0.2) is 0 Å². The van der Waals surface area contributed by atoms with E-state index in [2.05, 4.69) is 6.58 Å². The van der Waals surface area contributed by atoms with Crippen LogP contribution in [0.5, 0.6) is 0 Å². The highest BCUT2D eigenvalue weighted by molar-refractivity contribution is 7.47. The van der Waals surface area contributed by atoms with Gasteiger partial charge in [-0.1, -0.05) is 36.9 Å². The number of nitrogens with zero attached hydrogens (tertiary/aromatic N) is 1. The fraction of sp³-hybridized carbons (Fsp3) is 0.529. The third kappa shape index (κ3) is 9.98. The number of unbranched alkanes of at least 4 members (excludes halogenated alkanes) is 1. The molecule has 6 nitrogen and oxygen atoms in total. The number of ether oxygens (including phenoxy) is 1. The predicted molar refractivity (Wildman–Crippen MR) is 95.7 cm³/mol. The van der Waals surface area contributed by atoms with Gasteiger partial charge in [-0.3, -0.25) is 9.05 Å². The minimum absolute atomic E-state index is 0.161. The SMILES string of the molecule is C=Cc1ccc(COCCCCOP(=O)(O)OCCN(C)C)cc1. The molecule has 1 aromatic carbocycles. The molecule has 0 aromatic heterocycles. The Morgan fingerprint density at radius 1 is 1.12 bits per heavy atom. The lowest BCUT2D eigenvalue weighted by Gasteiger charge is -2.14. The summed E-state index contributed by atoms with van der Waals surface area (Å²) in [6, 6.07) is 8.00.